The minimum absolute atomic E-state index is 0.116. The fraction of sp³-hybridized carbons (Fsp3) is 0.571. The molecule has 2 rings (SSSR count). The monoisotopic (exact) mass is 386 g/mol. The summed E-state index contributed by atoms with van der Waals surface area (Å²) < 4.78 is 5.24. The van der Waals surface area contributed by atoms with Crippen LogP contribution in [0.5, 0.6) is 0 Å². The Kier molecular flexibility index (Phi) is 7.41. The van der Waals surface area contributed by atoms with Crippen LogP contribution in [0.1, 0.15) is 45.2 Å². The van der Waals surface area contributed by atoms with Gasteiger partial charge in [-0.2, -0.15) is 0 Å². The Balaban J connectivity index is 1.86. The number of hydrogen-bond acceptors (Lipinski definition) is 5. The summed E-state index contributed by atoms with van der Waals surface area (Å²) in [4.78, 5) is 31.7. The molecule has 0 radical (unpaired) electrons. The van der Waals surface area contributed by atoms with Gasteiger partial charge in [-0.05, 0) is 39.3 Å². The second kappa shape index (κ2) is 9.56. The molecule has 0 spiro atoms. The van der Waals surface area contributed by atoms with Crippen molar-refractivity contribution < 1.29 is 14.3 Å². The van der Waals surface area contributed by atoms with Crippen LogP contribution in [-0.4, -0.2) is 65.1 Å². The second-order valence-electron chi connectivity index (χ2n) is 8.16. The third kappa shape index (κ3) is 7.57. The van der Waals surface area contributed by atoms with E-state index in [4.69, 9.17) is 4.74 Å². The normalized spacial score (nSPS) is 16.2. The summed E-state index contributed by atoms with van der Waals surface area (Å²) in [5.41, 5.74) is 1.34. The maximum Gasteiger partial charge on any atom is 0.407 e. The zero-order valence-corrected chi connectivity index (χ0v) is 17.4. The van der Waals surface area contributed by atoms with Gasteiger partial charge in [-0.25, -0.2) is 4.79 Å². The van der Waals surface area contributed by atoms with E-state index in [0.29, 0.717) is 19.5 Å². The third-order valence-electron chi connectivity index (χ3n) is 4.14. The maximum absolute atomic E-state index is 11.8. The van der Waals surface area contributed by atoms with E-state index in [1.807, 2.05) is 40.8 Å². The molecule has 2 heterocycles. The van der Waals surface area contributed by atoms with Gasteiger partial charge < -0.3 is 15.0 Å². The van der Waals surface area contributed by atoms with Crippen molar-refractivity contribution in [3.05, 3.63) is 29.6 Å². The first-order valence-corrected chi connectivity index (χ1v) is 9.51. The number of aromatic nitrogens is 1. The molecule has 1 fully saturated rings. The Bertz CT molecular complexity index is 761. The van der Waals surface area contributed by atoms with Crippen LogP contribution in [0.4, 0.5) is 4.79 Å². The van der Waals surface area contributed by atoms with Crippen molar-refractivity contribution in [1.82, 2.24) is 20.1 Å². The molecule has 0 saturated carbocycles. The molecule has 1 aliphatic rings. The van der Waals surface area contributed by atoms with E-state index in [0.717, 1.165) is 24.2 Å². The lowest BCUT2D eigenvalue weighted by molar-refractivity contribution is -0.134. The van der Waals surface area contributed by atoms with Gasteiger partial charge in [-0.3, -0.25) is 14.7 Å². The Labute approximate surface area is 167 Å². The number of amides is 2. The highest BCUT2D eigenvalue weighted by atomic mass is 16.6. The topological polar surface area (TPSA) is 74.8 Å². The standard InChI is InChI=1S/C21H30N4O3/c1-16(23-20(27)28-21(2,3)4)7-6-8-17-11-18(13-22-12-17)14-25-10-9-24(5)19(26)15-25/h11-13,16H,7,9-10,14-15H2,1-5H3,(H,23,27)/t16-/m0/s1. The van der Waals surface area contributed by atoms with Gasteiger partial charge in [0.2, 0.25) is 5.91 Å². The van der Waals surface area contributed by atoms with Gasteiger partial charge in [0.15, 0.2) is 0 Å². The molecular formula is C21H30N4O3. The molecule has 1 aromatic heterocycles. The lowest BCUT2D eigenvalue weighted by Crippen LogP contribution is -2.47. The summed E-state index contributed by atoms with van der Waals surface area (Å²) >= 11 is 0. The van der Waals surface area contributed by atoms with E-state index >= 15 is 0 Å². The minimum atomic E-state index is -0.518. The molecule has 0 aromatic carbocycles. The Hall–Kier alpha value is -2.59. The molecule has 152 valence electrons. The first-order valence-electron chi connectivity index (χ1n) is 9.51. The zero-order valence-electron chi connectivity index (χ0n) is 17.4. The van der Waals surface area contributed by atoms with Crippen molar-refractivity contribution in [3.8, 4) is 11.8 Å². The van der Waals surface area contributed by atoms with E-state index in [-0.39, 0.29) is 11.9 Å². The molecule has 1 atom stereocenters. The molecule has 1 N–H and O–H groups in total. The third-order valence-corrected chi connectivity index (χ3v) is 4.14. The van der Waals surface area contributed by atoms with Crippen LogP contribution in [0.3, 0.4) is 0 Å². The molecule has 7 nitrogen and oxygen atoms in total. The van der Waals surface area contributed by atoms with E-state index in [1.165, 1.54) is 0 Å². The van der Waals surface area contributed by atoms with Gasteiger partial charge in [0, 0.05) is 57.1 Å². The smallest absolute Gasteiger partial charge is 0.407 e. The summed E-state index contributed by atoms with van der Waals surface area (Å²) in [5.74, 6) is 6.31. The molecule has 7 heteroatoms. The molecule has 0 unspecified atom stereocenters. The SMILES string of the molecule is C[C@@H](CC#Cc1cncc(CN2CCN(C)C(=O)C2)c1)NC(=O)OC(C)(C)C. The van der Waals surface area contributed by atoms with Crippen molar-refractivity contribution in [1.29, 1.82) is 0 Å². The van der Waals surface area contributed by atoms with Crippen molar-refractivity contribution in [2.45, 2.75) is 52.3 Å². The molecule has 2 amide bonds. The van der Waals surface area contributed by atoms with Crippen LogP contribution < -0.4 is 5.32 Å². The first kappa shape index (κ1) is 21.7. The summed E-state index contributed by atoms with van der Waals surface area (Å²) in [5, 5.41) is 2.77. The molecule has 28 heavy (non-hydrogen) atoms. The maximum atomic E-state index is 11.8. The van der Waals surface area contributed by atoms with Crippen LogP contribution in [0.2, 0.25) is 0 Å². The minimum Gasteiger partial charge on any atom is -0.444 e. The fourth-order valence-corrected chi connectivity index (χ4v) is 2.71. The number of likely N-dealkylation sites (N-methyl/N-ethyl adjacent to an activating group) is 1. The number of alkyl carbamates (subject to hydrolysis) is 1. The van der Waals surface area contributed by atoms with E-state index in [9.17, 15) is 9.59 Å². The number of nitrogens with zero attached hydrogens (tertiary/aromatic N) is 3. The number of hydrogen-bond donors (Lipinski definition) is 1. The first-order chi connectivity index (χ1) is 13.1. The summed E-state index contributed by atoms with van der Waals surface area (Å²) in [6.07, 6.45) is 3.60. The number of rotatable bonds is 4. The van der Waals surface area contributed by atoms with E-state index < -0.39 is 11.7 Å². The highest BCUT2D eigenvalue weighted by Crippen LogP contribution is 2.10. The number of nitrogens with one attached hydrogen (secondary N) is 1. The van der Waals surface area contributed by atoms with Crippen LogP contribution in [-0.2, 0) is 16.1 Å². The van der Waals surface area contributed by atoms with E-state index in [2.05, 4.69) is 27.0 Å². The van der Waals surface area contributed by atoms with Crippen molar-refractivity contribution in [2.24, 2.45) is 0 Å². The van der Waals surface area contributed by atoms with Crippen LogP contribution in [0.15, 0.2) is 18.5 Å². The molecule has 0 bridgehead atoms. The van der Waals surface area contributed by atoms with Gasteiger partial charge in [0.1, 0.15) is 5.60 Å². The lowest BCUT2D eigenvalue weighted by atomic mass is 10.1. The zero-order chi connectivity index (χ0) is 20.7. The Morgan fingerprint density at radius 3 is 2.79 bits per heavy atom. The van der Waals surface area contributed by atoms with Crippen molar-refractivity contribution in [2.75, 3.05) is 26.7 Å². The highest BCUT2D eigenvalue weighted by Gasteiger charge is 2.21. The van der Waals surface area contributed by atoms with Gasteiger partial charge in [0.25, 0.3) is 0 Å². The summed E-state index contributed by atoms with van der Waals surface area (Å²) in [6, 6.07) is 1.88. The molecule has 1 aromatic rings. The Morgan fingerprint density at radius 1 is 1.36 bits per heavy atom. The highest BCUT2D eigenvalue weighted by molar-refractivity contribution is 5.78. The average molecular weight is 386 g/mol. The Morgan fingerprint density at radius 2 is 2.11 bits per heavy atom. The van der Waals surface area contributed by atoms with Crippen LogP contribution in [0.25, 0.3) is 0 Å². The largest absolute Gasteiger partial charge is 0.444 e. The van der Waals surface area contributed by atoms with E-state index in [1.54, 1.807) is 17.3 Å². The number of carbonyl (C=O) groups is 2. The lowest BCUT2D eigenvalue weighted by Gasteiger charge is -2.31. The summed E-state index contributed by atoms with van der Waals surface area (Å²) in [7, 11) is 1.83. The second-order valence-corrected chi connectivity index (χ2v) is 8.16. The number of ether oxygens (including phenoxy) is 1. The fourth-order valence-electron chi connectivity index (χ4n) is 2.71. The number of carbonyl (C=O) groups excluding carboxylic acids is 2. The quantitative estimate of drug-likeness (QED) is 0.802. The van der Waals surface area contributed by atoms with Gasteiger partial charge in [-0.1, -0.05) is 11.8 Å². The molecular weight excluding hydrogens is 356 g/mol. The van der Waals surface area contributed by atoms with Crippen LogP contribution in [0, 0.1) is 11.8 Å². The molecule has 0 aliphatic carbocycles. The van der Waals surface area contributed by atoms with Gasteiger partial charge >= 0.3 is 6.09 Å². The average Bonchev–Trinajstić information content (AvgIpc) is 2.57. The number of piperazine rings is 1. The summed E-state index contributed by atoms with van der Waals surface area (Å²) in [6.45, 7) is 10.1. The van der Waals surface area contributed by atoms with Gasteiger partial charge in [-0.15, -0.1) is 0 Å². The van der Waals surface area contributed by atoms with Crippen molar-refractivity contribution >= 4 is 12.0 Å². The number of pyridine rings is 1. The molecule has 1 aliphatic heterocycles. The van der Waals surface area contributed by atoms with Gasteiger partial charge in [0.05, 0.1) is 6.54 Å². The van der Waals surface area contributed by atoms with Crippen molar-refractivity contribution in [3.63, 3.8) is 0 Å². The van der Waals surface area contributed by atoms with Crippen LogP contribution >= 0.6 is 0 Å². The molecule has 1 saturated heterocycles. The predicted molar refractivity (Wildman–Crippen MR) is 107 cm³/mol. The predicted octanol–water partition coefficient (Wildman–Crippen LogP) is 2.01.